The molecular weight excluding hydrogens is 384 g/mol. The molecule has 0 unspecified atom stereocenters. The molecule has 1 saturated heterocycles. The molecular formula is C23H26N2O5. The van der Waals surface area contributed by atoms with Gasteiger partial charge in [0.05, 0.1) is 32.4 Å². The summed E-state index contributed by atoms with van der Waals surface area (Å²) in [5.74, 6) is 1.76. The van der Waals surface area contributed by atoms with Gasteiger partial charge in [0.2, 0.25) is 5.91 Å². The van der Waals surface area contributed by atoms with Crippen molar-refractivity contribution in [2.24, 2.45) is 5.92 Å². The lowest BCUT2D eigenvalue weighted by molar-refractivity contribution is -0.132. The van der Waals surface area contributed by atoms with Crippen molar-refractivity contribution in [3.63, 3.8) is 0 Å². The van der Waals surface area contributed by atoms with E-state index < -0.39 is 0 Å². The van der Waals surface area contributed by atoms with Crippen molar-refractivity contribution in [2.75, 3.05) is 41.0 Å². The van der Waals surface area contributed by atoms with Crippen LogP contribution in [0.15, 0.2) is 42.5 Å². The van der Waals surface area contributed by atoms with Gasteiger partial charge in [0.25, 0.3) is 5.91 Å². The second kappa shape index (κ2) is 8.26. The van der Waals surface area contributed by atoms with Crippen LogP contribution < -0.4 is 14.2 Å². The topological polar surface area (TPSA) is 68.3 Å². The minimum absolute atomic E-state index is 0.0202. The minimum atomic E-state index is -0.215. The highest BCUT2D eigenvalue weighted by molar-refractivity contribution is 5.97. The van der Waals surface area contributed by atoms with Crippen LogP contribution in [0.4, 0.5) is 0 Å². The zero-order valence-electron chi connectivity index (χ0n) is 17.5. The normalized spacial score (nSPS) is 21.0. The zero-order chi connectivity index (χ0) is 21.3. The number of hydrogen-bond donors (Lipinski definition) is 0. The number of hydrogen-bond acceptors (Lipinski definition) is 5. The third-order valence-corrected chi connectivity index (χ3v) is 5.87. The van der Waals surface area contributed by atoms with Gasteiger partial charge in [0.1, 0.15) is 17.2 Å². The molecule has 2 heterocycles. The van der Waals surface area contributed by atoms with Crippen LogP contribution in [0.1, 0.15) is 28.4 Å². The second-order valence-corrected chi connectivity index (χ2v) is 7.64. The van der Waals surface area contributed by atoms with Crippen LogP contribution in [0, 0.1) is 5.92 Å². The van der Waals surface area contributed by atoms with E-state index in [1.165, 1.54) is 0 Å². The second-order valence-electron chi connectivity index (χ2n) is 7.64. The highest BCUT2D eigenvalue weighted by Gasteiger charge is 2.41. The molecule has 0 spiro atoms. The van der Waals surface area contributed by atoms with Crippen LogP contribution in [0.2, 0.25) is 0 Å². The first-order valence-electron chi connectivity index (χ1n) is 10.0. The van der Waals surface area contributed by atoms with E-state index >= 15 is 0 Å². The molecule has 0 saturated carbocycles. The standard InChI is InChI=1S/C23H26N2O5/c1-24-13-15-14-30-20-12-16(28-2)8-9-17(20)22(15)25(11-10-21(24)26)23(27)18-6-4-5-7-19(18)29-3/h4-9,12,15,22H,10-11,13-14H2,1-3H3/t15-,22-/m0/s1. The summed E-state index contributed by atoms with van der Waals surface area (Å²) >= 11 is 0. The van der Waals surface area contributed by atoms with Crippen LogP contribution in [-0.4, -0.2) is 62.6 Å². The predicted molar refractivity (Wildman–Crippen MR) is 111 cm³/mol. The molecule has 0 radical (unpaired) electrons. The fourth-order valence-corrected chi connectivity index (χ4v) is 4.33. The average Bonchev–Trinajstić information content (AvgIpc) is 2.78. The first-order chi connectivity index (χ1) is 14.5. The van der Waals surface area contributed by atoms with Crippen molar-refractivity contribution in [3.8, 4) is 17.2 Å². The summed E-state index contributed by atoms with van der Waals surface area (Å²) in [6.45, 7) is 1.26. The quantitative estimate of drug-likeness (QED) is 0.778. The van der Waals surface area contributed by atoms with Gasteiger partial charge in [-0.15, -0.1) is 0 Å². The molecule has 2 aliphatic heterocycles. The molecule has 4 rings (SSSR count). The fraction of sp³-hybridized carbons (Fsp3) is 0.391. The lowest BCUT2D eigenvalue weighted by atomic mass is 9.87. The van der Waals surface area contributed by atoms with Crippen molar-refractivity contribution < 1.29 is 23.8 Å². The monoisotopic (exact) mass is 410 g/mol. The Hall–Kier alpha value is -3.22. The van der Waals surface area contributed by atoms with Crippen molar-refractivity contribution >= 4 is 11.8 Å². The number of para-hydroxylation sites is 1. The van der Waals surface area contributed by atoms with E-state index in [9.17, 15) is 9.59 Å². The Labute approximate surface area is 176 Å². The van der Waals surface area contributed by atoms with E-state index in [1.807, 2.05) is 30.3 Å². The van der Waals surface area contributed by atoms with Gasteiger partial charge in [-0.1, -0.05) is 12.1 Å². The van der Waals surface area contributed by atoms with Crippen LogP contribution in [-0.2, 0) is 4.79 Å². The smallest absolute Gasteiger partial charge is 0.258 e. The molecule has 2 atom stereocenters. The molecule has 2 aromatic rings. The maximum absolute atomic E-state index is 13.7. The number of ether oxygens (including phenoxy) is 3. The summed E-state index contributed by atoms with van der Waals surface area (Å²) in [6.07, 6.45) is 0.271. The van der Waals surface area contributed by atoms with Crippen molar-refractivity contribution in [1.29, 1.82) is 0 Å². The lowest BCUT2D eigenvalue weighted by Gasteiger charge is -2.44. The van der Waals surface area contributed by atoms with Crippen LogP contribution in [0.3, 0.4) is 0 Å². The summed E-state index contributed by atoms with van der Waals surface area (Å²) in [5.41, 5.74) is 1.42. The van der Waals surface area contributed by atoms with E-state index in [-0.39, 0.29) is 30.2 Å². The number of fused-ring (bicyclic) bond motifs is 3. The van der Waals surface area contributed by atoms with Gasteiger partial charge in [0, 0.05) is 44.1 Å². The summed E-state index contributed by atoms with van der Waals surface area (Å²) in [4.78, 5) is 29.7. The maximum atomic E-state index is 13.7. The van der Waals surface area contributed by atoms with Crippen LogP contribution in [0.25, 0.3) is 0 Å². The Bertz CT molecular complexity index is 960. The molecule has 0 aromatic heterocycles. The number of carbonyl (C=O) groups is 2. The van der Waals surface area contributed by atoms with E-state index in [0.717, 1.165) is 5.56 Å². The molecule has 2 aliphatic rings. The molecule has 7 heteroatoms. The Morgan fingerprint density at radius 2 is 1.93 bits per heavy atom. The molecule has 2 aromatic carbocycles. The molecule has 158 valence electrons. The maximum Gasteiger partial charge on any atom is 0.258 e. The third kappa shape index (κ3) is 3.56. The summed E-state index contributed by atoms with van der Waals surface area (Å²) in [5, 5.41) is 0. The summed E-state index contributed by atoms with van der Waals surface area (Å²) < 4.78 is 16.8. The van der Waals surface area contributed by atoms with E-state index in [0.29, 0.717) is 42.5 Å². The molecule has 0 bridgehead atoms. The number of methoxy groups -OCH3 is 2. The largest absolute Gasteiger partial charge is 0.497 e. The Morgan fingerprint density at radius 1 is 1.13 bits per heavy atom. The third-order valence-electron chi connectivity index (χ3n) is 5.87. The van der Waals surface area contributed by atoms with Gasteiger partial charge in [-0.2, -0.15) is 0 Å². The Morgan fingerprint density at radius 3 is 2.70 bits per heavy atom. The fourth-order valence-electron chi connectivity index (χ4n) is 4.33. The Kier molecular flexibility index (Phi) is 5.53. The van der Waals surface area contributed by atoms with Crippen molar-refractivity contribution in [3.05, 3.63) is 53.6 Å². The highest BCUT2D eigenvalue weighted by Crippen LogP contribution is 2.43. The number of nitrogens with zero attached hydrogens (tertiary/aromatic N) is 2. The first kappa shape index (κ1) is 20.1. The summed E-state index contributed by atoms with van der Waals surface area (Å²) in [7, 11) is 4.97. The van der Waals surface area contributed by atoms with Gasteiger partial charge < -0.3 is 24.0 Å². The number of rotatable bonds is 3. The van der Waals surface area contributed by atoms with Gasteiger partial charge in [-0.3, -0.25) is 9.59 Å². The van der Waals surface area contributed by atoms with E-state index in [1.54, 1.807) is 43.2 Å². The molecule has 2 amide bonds. The molecule has 30 heavy (non-hydrogen) atoms. The number of amides is 2. The lowest BCUT2D eigenvalue weighted by Crippen LogP contribution is -2.50. The Balaban J connectivity index is 1.79. The highest BCUT2D eigenvalue weighted by atomic mass is 16.5. The average molecular weight is 410 g/mol. The summed E-state index contributed by atoms with van der Waals surface area (Å²) in [6, 6.07) is 12.7. The van der Waals surface area contributed by atoms with Crippen LogP contribution >= 0.6 is 0 Å². The number of benzene rings is 2. The predicted octanol–water partition coefficient (Wildman–Crippen LogP) is 2.76. The molecule has 0 aliphatic carbocycles. The van der Waals surface area contributed by atoms with Gasteiger partial charge in [-0.25, -0.2) is 0 Å². The van der Waals surface area contributed by atoms with Crippen LogP contribution in [0.5, 0.6) is 17.2 Å². The minimum Gasteiger partial charge on any atom is -0.497 e. The molecule has 0 N–H and O–H groups in total. The van der Waals surface area contributed by atoms with Gasteiger partial charge in [0.15, 0.2) is 0 Å². The number of carbonyl (C=O) groups excluding carboxylic acids is 2. The van der Waals surface area contributed by atoms with E-state index in [4.69, 9.17) is 14.2 Å². The molecule has 1 fully saturated rings. The van der Waals surface area contributed by atoms with Gasteiger partial charge >= 0.3 is 0 Å². The first-order valence-corrected chi connectivity index (χ1v) is 10.0. The SMILES string of the molecule is COc1ccc2c(c1)OC[C@@H]1CN(C)C(=O)CCN(C(=O)c3ccccc3OC)[C@H]21. The zero-order valence-corrected chi connectivity index (χ0v) is 17.5. The molecule has 7 nitrogen and oxygen atoms in total. The van der Waals surface area contributed by atoms with Crippen molar-refractivity contribution in [1.82, 2.24) is 9.80 Å². The van der Waals surface area contributed by atoms with Gasteiger partial charge in [-0.05, 0) is 24.3 Å². The van der Waals surface area contributed by atoms with E-state index in [2.05, 4.69) is 0 Å². The van der Waals surface area contributed by atoms with Crippen molar-refractivity contribution in [2.45, 2.75) is 12.5 Å².